The van der Waals surface area contributed by atoms with E-state index in [4.69, 9.17) is 11.5 Å². The Kier molecular flexibility index (Phi) is 4.81. The summed E-state index contributed by atoms with van der Waals surface area (Å²) in [5.74, 6) is 0.329. The molecule has 0 radical (unpaired) electrons. The summed E-state index contributed by atoms with van der Waals surface area (Å²) in [5.41, 5.74) is 11.5. The molecule has 0 spiro atoms. The summed E-state index contributed by atoms with van der Waals surface area (Å²) < 4.78 is 0. The van der Waals surface area contributed by atoms with E-state index in [0.29, 0.717) is 12.5 Å². The van der Waals surface area contributed by atoms with E-state index in [1.807, 2.05) is 6.92 Å². The first-order chi connectivity index (χ1) is 6.67. The van der Waals surface area contributed by atoms with Crippen molar-refractivity contribution in [3.8, 4) is 0 Å². The highest BCUT2D eigenvalue weighted by Crippen LogP contribution is 2.20. The fourth-order valence-electron chi connectivity index (χ4n) is 2.25. The fourth-order valence-corrected chi connectivity index (χ4v) is 2.25. The van der Waals surface area contributed by atoms with Crippen molar-refractivity contribution in [3.63, 3.8) is 0 Å². The number of hydrogen-bond acceptors (Lipinski definition) is 4. The van der Waals surface area contributed by atoms with E-state index in [0.717, 1.165) is 32.5 Å². The number of aliphatic hydroxyl groups excluding tert-OH is 1. The van der Waals surface area contributed by atoms with Gasteiger partial charge in [0.2, 0.25) is 0 Å². The predicted octanol–water partition coefficient (Wildman–Crippen LogP) is -0.635. The van der Waals surface area contributed by atoms with Crippen molar-refractivity contribution < 1.29 is 5.11 Å². The van der Waals surface area contributed by atoms with Crippen LogP contribution in [-0.4, -0.2) is 48.3 Å². The Hall–Kier alpha value is -0.160. The summed E-state index contributed by atoms with van der Waals surface area (Å²) in [7, 11) is 0. The third-order valence-corrected chi connectivity index (χ3v) is 3.00. The van der Waals surface area contributed by atoms with Crippen molar-refractivity contribution in [2.45, 2.75) is 31.9 Å². The van der Waals surface area contributed by atoms with Crippen molar-refractivity contribution in [1.82, 2.24) is 4.90 Å². The maximum atomic E-state index is 9.77. The quantitative estimate of drug-likeness (QED) is 0.566. The molecule has 4 heteroatoms. The van der Waals surface area contributed by atoms with Crippen LogP contribution in [0.5, 0.6) is 0 Å². The van der Waals surface area contributed by atoms with Gasteiger partial charge in [-0.15, -0.1) is 0 Å². The zero-order chi connectivity index (χ0) is 10.6. The number of likely N-dealkylation sites (tertiary alicyclic amines) is 1. The standard InChI is InChI=1S/C10H23N3O/c1-2-10(14)8-5-9(12)7-13(6-8)4-3-11/h8-10,14H,2-7,11-12H2,1H3. The topological polar surface area (TPSA) is 75.5 Å². The first kappa shape index (κ1) is 11.9. The van der Waals surface area contributed by atoms with Crippen LogP contribution in [-0.2, 0) is 0 Å². The molecule has 0 amide bonds. The summed E-state index contributed by atoms with van der Waals surface area (Å²) in [5, 5.41) is 9.77. The van der Waals surface area contributed by atoms with Gasteiger partial charge in [-0.2, -0.15) is 0 Å². The van der Waals surface area contributed by atoms with Crippen LogP contribution in [0.4, 0.5) is 0 Å². The summed E-state index contributed by atoms with van der Waals surface area (Å²) in [6.07, 6.45) is 1.55. The van der Waals surface area contributed by atoms with Crippen LogP contribution in [0.15, 0.2) is 0 Å². The average molecular weight is 201 g/mol. The highest BCUT2D eigenvalue weighted by Gasteiger charge is 2.28. The van der Waals surface area contributed by atoms with Gasteiger partial charge in [-0.05, 0) is 18.8 Å². The third-order valence-electron chi connectivity index (χ3n) is 3.00. The molecule has 84 valence electrons. The van der Waals surface area contributed by atoms with Crippen molar-refractivity contribution in [1.29, 1.82) is 0 Å². The average Bonchev–Trinajstić information content (AvgIpc) is 2.16. The molecule has 1 aliphatic heterocycles. The molecular weight excluding hydrogens is 178 g/mol. The Morgan fingerprint density at radius 2 is 2.21 bits per heavy atom. The van der Waals surface area contributed by atoms with E-state index in [1.165, 1.54) is 0 Å². The number of nitrogens with zero attached hydrogens (tertiary/aromatic N) is 1. The molecule has 0 aliphatic carbocycles. The molecule has 0 aromatic heterocycles. The molecule has 0 bridgehead atoms. The van der Waals surface area contributed by atoms with E-state index < -0.39 is 0 Å². The molecule has 1 saturated heterocycles. The Morgan fingerprint density at radius 3 is 2.79 bits per heavy atom. The highest BCUT2D eigenvalue weighted by molar-refractivity contribution is 4.84. The molecule has 14 heavy (non-hydrogen) atoms. The molecule has 3 unspecified atom stereocenters. The van der Waals surface area contributed by atoms with Gasteiger partial charge in [0.05, 0.1) is 6.10 Å². The van der Waals surface area contributed by atoms with Crippen LogP contribution in [0.3, 0.4) is 0 Å². The van der Waals surface area contributed by atoms with Gasteiger partial charge in [0, 0.05) is 32.2 Å². The third kappa shape index (κ3) is 3.20. The SMILES string of the molecule is CCC(O)C1CC(N)CN(CCN)C1. The van der Waals surface area contributed by atoms with Gasteiger partial charge in [-0.25, -0.2) is 0 Å². The molecule has 3 atom stereocenters. The minimum absolute atomic E-state index is 0.196. The van der Waals surface area contributed by atoms with Gasteiger partial charge in [0.15, 0.2) is 0 Å². The lowest BCUT2D eigenvalue weighted by Gasteiger charge is -2.38. The molecule has 1 aliphatic rings. The molecule has 1 rings (SSSR count). The highest BCUT2D eigenvalue weighted by atomic mass is 16.3. The summed E-state index contributed by atoms with van der Waals surface area (Å²) in [6, 6.07) is 0.196. The Morgan fingerprint density at radius 1 is 1.50 bits per heavy atom. The van der Waals surface area contributed by atoms with Gasteiger partial charge in [0.1, 0.15) is 0 Å². The molecule has 4 nitrogen and oxygen atoms in total. The van der Waals surface area contributed by atoms with E-state index in [9.17, 15) is 5.11 Å². The van der Waals surface area contributed by atoms with Crippen molar-refractivity contribution >= 4 is 0 Å². The van der Waals surface area contributed by atoms with E-state index in [2.05, 4.69) is 4.90 Å². The number of nitrogens with two attached hydrogens (primary N) is 2. The van der Waals surface area contributed by atoms with Crippen molar-refractivity contribution in [2.24, 2.45) is 17.4 Å². The Balaban J connectivity index is 2.45. The van der Waals surface area contributed by atoms with Gasteiger partial charge < -0.3 is 21.5 Å². The summed E-state index contributed by atoms with van der Waals surface area (Å²) >= 11 is 0. The maximum absolute atomic E-state index is 9.77. The molecule has 1 heterocycles. The monoisotopic (exact) mass is 201 g/mol. The minimum atomic E-state index is -0.207. The number of hydrogen-bond donors (Lipinski definition) is 3. The molecule has 0 aromatic rings. The van der Waals surface area contributed by atoms with Gasteiger partial charge in [0.25, 0.3) is 0 Å². The van der Waals surface area contributed by atoms with Crippen LogP contribution in [0.1, 0.15) is 19.8 Å². The van der Waals surface area contributed by atoms with Gasteiger partial charge >= 0.3 is 0 Å². The normalized spacial score (nSPS) is 31.7. The largest absolute Gasteiger partial charge is 0.393 e. The lowest BCUT2D eigenvalue weighted by Crippen LogP contribution is -2.50. The lowest BCUT2D eigenvalue weighted by molar-refractivity contribution is 0.0426. The summed E-state index contributed by atoms with van der Waals surface area (Å²) in [4.78, 5) is 2.26. The number of rotatable bonds is 4. The Bertz CT molecular complexity index is 165. The second-order valence-corrected chi connectivity index (χ2v) is 4.28. The van der Waals surface area contributed by atoms with Crippen molar-refractivity contribution in [3.05, 3.63) is 0 Å². The number of aliphatic hydroxyl groups is 1. The van der Waals surface area contributed by atoms with Crippen LogP contribution in [0.25, 0.3) is 0 Å². The molecular formula is C10H23N3O. The minimum Gasteiger partial charge on any atom is -0.393 e. The Labute approximate surface area is 86.3 Å². The van der Waals surface area contributed by atoms with Crippen molar-refractivity contribution in [2.75, 3.05) is 26.2 Å². The molecule has 1 fully saturated rings. The predicted molar refractivity (Wildman–Crippen MR) is 57.9 cm³/mol. The maximum Gasteiger partial charge on any atom is 0.0578 e. The molecule has 5 N–H and O–H groups in total. The second kappa shape index (κ2) is 5.66. The second-order valence-electron chi connectivity index (χ2n) is 4.28. The fraction of sp³-hybridized carbons (Fsp3) is 1.00. The van der Waals surface area contributed by atoms with E-state index >= 15 is 0 Å². The first-order valence-corrected chi connectivity index (χ1v) is 5.53. The van der Waals surface area contributed by atoms with Gasteiger partial charge in [-0.3, -0.25) is 0 Å². The zero-order valence-electron chi connectivity index (χ0n) is 9.02. The van der Waals surface area contributed by atoms with E-state index in [-0.39, 0.29) is 12.1 Å². The van der Waals surface area contributed by atoms with Crippen LogP contribution in [0.2, 0.25) is 0 Å². The first-order valence-electron chi connectivity index (χ1n) is 5.53. The van der Waals surface area contributed by atoms with E-state index in [1.54, 1.807) is 0 Å². The van der Waals surface area contributed by atoms with Gasteiger partial charge in [-0.1, -0.05) is 6.92 Å². The van der Waals surface area contributed by atoms with Crippen LogP contribution in [0, 0.1) is 5.92 Å². The number of piperidine rings is 1. The lowest BCUT2D eigenvalue weighted by atomic mass is 9.89. The molecule has 0 aromatic carbocycles. The van der Waals surface area contributed by atoms with Crippen LogP contribution >= 0.6 is 0 Å². The smallest absolute Gasteiger partial charge is 0.0578 e. The summed E-state index contributed by atoms with van der Waals surface area (Å²) in [6.45, 7) is 5.43. The molecule has 0 saturated carbocycles. The zero-order valence-corrected chi connectivity index (χ0v) is 9.02. The van der Waals surface area contributed by atoms with Crippen LogP contribution < -0.4 is 11.5 Å².